The standard InChI is InChI=1S/C26H29NO4/c1-4-30-21-8-5-20(6-9-21)7-10-24(29)27-13-11-26(12-14-27)17-23(28)22-16-18(2)15-19(3)25(22)31-26/h5-10,15-16H,4,11-14,17H2,1-3H3/b10-7+. The summed E-state index contributed by atoms with van der Waals surface area (Å²) in [4.78, 5) is 27.3. The van der Waals surface area contributed by atoms with Gasteiger partial charge in [-0.15, -0.1) is 0 Å². The number of carbonyl (C=O) groups is 2. The van der Waals surface area contributed by atoms with Gasteiger partial charge in [-0.05, 0) is 61.7 Å². The van der Waals surface area contributed by atoms with Gasteiger partial charge in [-0.2, -0.15) is 0 Å². The van der Waals surface area contributed by atoms with Crippen LogP contribution in [0, 0.1) is 13.8 Å². The molecular weight excluding hydrogens is 390 g/mol. The van der Waals surface area contributed by atoms with Gasteiger partial charge in [0.05, 0.1) is 18.6 Å². The molecule has 0 aliphatic carbocycles. The lowest BCUT2D eigenvalue weighted by molar-refractivity contribution is -0.129. The number of fused-ring (bicyclic) bond motifs is 1. The Morgan fingerprint density at radius 1 is 1.16 bits per heavy atom. The molecule has 2 aromatic rings. The highest BCUT2D eigenvalue weighted by Gasteiger charge is 2.44. The van der Waals surface area contributed by atoms with Crippen LogP contribution in [-0.2, 0) is 4.79 Å². The van der Waals surface area contributed by atoms with Crippen molar-refractivity contribution in [2.75, 3.05) is 19.7 Å². The first-order valence-corrected chi connectivity index (χ1v) is 10.9. The summed E-state index contributed by atoms with van der Waals surface area (Å²) in [6, 6.07) is 11.6. The summed E-state index contributed by atoms with van der Waals surface area (Å²) < 4.78 is 11.9. The first kappa shape index (κ1) is 21.2. The van der Waals surface area contributed by atoms with Crippen molar-refractivity contribution in [2.45, 2.75) is 45.6 Å². The summed E-state index contributed by atoms with van der Waals surface area (Å²) in [5, 5.41) is 0. The summed E-state index contributed by atoms with van der Waals surface area (Å²) in [7, 11) is 0. The molecule has 2 heterocycles. The number of hydrogen-bond donors (Lipinski definition) is 0. The molecular formula is C26H29NO4. The highest BCUT2D eigenvalue weighted by Crippen LogP contribution is 2.41. The van der Waals surface area contributed by atoms with Crippen LogP contribution in [0.5, 0.6) is 11.5 Å². The molecule has 2 aliphatic heterocycles. The van der Waals surface area contributed by atoms with Crippen molar-refractivity contribution in [1.29, 1.82) is 0 Å². The van der Waals surface area contributed by atoms with Crippen LogP contribution in [0.4, 0.5) is 0 Å². The minimum absolute atomic E-state index is 0.0157. The Bertz CT molecular complexity index is 1010. The lowest BCUT2D eigenvalue weighted by Gasteiger charge is -2.44. The van der Waals surface area contributed by atoms with Crippen LogP contribution in [0.15, 0.2) is 42.5 Å². The Labute approximate surface area is 183 Å². The molecule has 0 radical (unpaired) electrons. The van der Waals surface area contributed by atoms with Gasteiger partial charge in [0.1, 0.15) is 17.1 Å². The van der Waals surface area contributed by atoms with Crippen LogP contribution in [0.3, 0.4) is 0 Å². The third-order valence-corrected chi connectivity index (χ3v) is 6.12. The van der Waals surface area contributed by atoms with E-state index in [-0.39, 0.29) is 11.7 Å². The van der Waals surface area contributed by atoms with E-state index in [1.165, 1.54) is 0 Å². The molecule has 0 bridgehead atoms. The summed E-state index contributed by atoms with van der Waals surface area (Å²) in [5.74, 6) is 1.67. The molecule has 1 saturated heterocycles. The van der Waals surface area contributed by atoms with Crippen LogP contribution < -0.4 is 9.47 Å². The van der Waals surface area contributed by atoms with Gasteiger partial charge in [-0.1, -0.05) is 18.2 Å². The molecule has 1 amide bonds. The summed E-state index contributed by atoms with van der Waals surface area (Å²) in [5.41, 5.74) is 3.22. The number of ketones is 1. The number of hydrogen-bond acceptors (Lipinski definition) is 4. The van der Waals surface area contributed by atoms with Gasteiger partial charge in [0, 0.05) is 32.0 Å². The van der Waals surface area contributed by atoms with E-state index in [1.807, 2.05) is 62.1 Å². The maximum Gasteiger partial charge on any atom is 0.246 e. The van der Waals surface area contributed by atoms with E-state index in [1.54, 1.807) is 6.08 Å². The Kier molecular flexibility index (Phi) is 5.86. The summed E-state index contributed by atoms with van der Waals surface area (Å²) >= 11 is 0. The molecule has 1 spiro atoms. The fourth-order valence-corrected chi connectivity index (χ4v) is 4.47. The number of rotatable bonds is 4. The van der Waals surface area contributed by atoms with Crippen molar-refractivity contribution >= 4 is 17.8 Å². The number of aryl methyl sites for hydroxylation is 2. The number of nitrogens with zero attached hydrogens (tertiary/aromatic N) is 1. The zero-order valence-corrected chi connectivity index (χ0v) is 18.4. The van der Waals surface area contributed by atoms with Crippen molar-refractivity contribution in [3.8, 4) is 11.5 Å². The molecule has 31 heavy (non-hydrogen) atoms. The number of carbonyl (C=O) groups excluding carboxylic acids is 2. The number of Topliss-reactive ketones (excluding diaryl/α,β-unsaturated/α-hetero) is 1. The van der Waals surface area contributed by atoms with Crippen molar-refractivity contribution in [3.63, 3.8) is 0 Å². The monoisotopic (exact) mass is 419 g/mol. The second-order valence-electron chi connectivity index (χ2n) is 8.50. The van der Waals surface area contributed by atoms with Gasteiger partial charge in [0.15, 0.2) is 5.78 Å². The van der Waals surface area contributed by atoms with Crippen molar-refractivity contribution in [2.24, 2.45) is 0 Å². The number of benzene rings is 2. The molecule has 2 aromatic carbocycles. The molecule has 5 nitrogen and oxygen atoms in total. The molecule has 0 saturated carbocycles. The lowest BCUT2D eigenvalue weighted by Crippen LogP contribution is -2.52. The molecule has 1 fully saturated rings. The fraction of sp³-hybridized carbons (Fsp3) is 0.385. The van der Waals surface area contributed by atoms with Crippen LogP contribution >= 0.6 is 0 Å². The Balaban J connectivity index is 1.39. The van der Waals surface area contributed by atoms with E-state index in [2.05, 4.69) is 6.07 Å². The van der Waals surface area contributed by atoms with Gasteiger partial charge in [-0.25, -0.2) is 0 Å². The molecule has 0 N–H and O–H groups in total. The van der Waals surface area contributed by atoms with Gasteiger partial charge in [0.2, 0.25) is 5.91 Å². The van der Waals surface area contributed by atoms with E-state index in [0.29, 0.717) is 44.5 Å². The SMILES string of the molecule is CCOc1ccc(/C=C/C(=O)N2CCC3(CC2)CC(=O)c2cc(C)cc(C)c2O3)cc1. The van der Waals surface area contributed by atoms with Crippen LogP contribution in [0.2, 0.25) is 0 Å². The minimum Gasteiger partial charge on any atom is -0.494 e. The topological polar surface area (TPSA) is 55.8 Å². The number of piperidine rings is 1. The average molecular weight is 420 g/mol. The predicted molar refractivity (Wildman–Crippen MR) is 121 cm³/mol. The van der Waals surface area contributed by atoms with Crippen LogP contribution in [-0.4, -0.2) is 41.9 Å². The fourth-order valence-electron chi connectivity index (χ4n) is 4.47. The Morgan fingerprint density at radius 3 is 2.55 bits per heavy atom. The number of amides is 1. The average Bonchev–Trinajstić information content (AvgIpc) is 2.75. The Hall–Kier alpha value is -3.08. The minimum atomic E-state index is -0.500. The maximum absolute atomic E-state index is 12.8. The molecule has 5 heteroatoms. The van der Waals surface area contributed by atoms with Crippen molar-refractivity contribution in [1.82, 2.24) is 4.90 Å². The normalized spacial score (nSPS) is 17.5. The first-order valence-electron chi connectivity index (χ1n) is 10.9. The molecule has 0 unspecified atom stereocenters. The summed E-state index contributed by atoms with van der Waals surface area (Å²) in [6.45, 7) is 7.73. The molecule has 162 valence electrons. The highest BCUT2D eigenvalue weighted by molar-refractivity contribution is 6.01. The summed E-state index contributed by atoms with van der Waals surface area (Å²) in [6.07, 6.45) is 5.14. The molecule has 0 aromatic heterocycles. The third kappa shape index (κ3) is 4.50. The van der Waals surface area contributed by atoms with E-state index >= 15 is 0 Å². The van der Waals surface area contributed by atoms with Gasteiger partial charge < -0.3 is 14.4 Å². The molecule has 0 atom stereocenters. The highest BCUT2D eigenvalue weighted by atomic mass is 16.5. The van der Waals surface area contributed by atoms with Gasteiger partial charge in [0.25, 0.3) is 0 Å². The molecule has 2 aliphatic rings. The number of ether oxygens (including phenoxy) is 2. The predicted octanol–water partition coefficient (Wildman–Crippen LogP) is 4.74. The van der Waals surface area contributed by atoms with E-state index in [9.17, 15) is 9.59 Å². The first-order chi connectivity index (χ1) is 14.9. The van der Waals surface area contributed by atoms with Crippen molar-refractivity contribution < 1.29 is 19.1 Å². The van der Waals surface area contributed by atoms with Gasteiger partial charge in [-0.3, -0.25) is 9.59 Å². The largest absolute Gasteiger partial charge is 0.494 e. The second-order valence-corrected chi connectivity index (χ2v) is 8.50. The van der Waals surface area contributed by atoms with Crippen LogP contribution in [0.25, 0.3) is 6.08 Å². The maximum atomic E-state index is 12.8. The lowest BCUT2D eigenvalue weighted by atomic mass is 9.81. The zero-order chi connectivity index (χ0) is 22.0. The van der Waals surface area contributed by atoms with Gasteiger partial charge >= 0.3 is 0 Å². The second kappa shape index (κ2) is 8.58. The zero-order valence-electron chi connectivity index (χ0n) is 18.4. The third-order valence-electron chi connectivity index (χ3n) is 6.12. The number of likely N-dealkylation sites (tertiary alicyclic amines) is 1. The van der Waals surface area contributed by atoms with E-state index in [0.717, 1.165) is 28.2 Å². The van der Waals surface area contributed by atoms with Crippen molar-refractivity contribution in [3.05, 3.63) is 64.7 Å². The van der Waals surface area contributed by atoms with E-state index in [4.69, 9.17) is 9.47 Å². The smallest absolute Gasteiger partial charge is 0.246 e. The quantitative estimate of drug-likeness (QED) is 0.672. The van der Waals surface area contributed by atoms with E-state index < -0.39 is 5.60 Å². The van der Waals surface area contributed by atoms with Crippen LogP contribution in [0.1, 0.15) is 53.2 Å². The molecule has 4 rings (SSSR count). The Morgan fingerprint density at radius 2 is 1.87 bits per heavy atom.